The van der Waals surface area contributed by atoms with E-state index in [2.05, 4.69) is 35.9 Å². The molecule has 8 nitrogen and oxygen atoms in total. The molecule has 0 saturated carbocycles. The van der Waals surface area contributed by atoms with Gasteiger partial charge in [-0.25, -0.2) is 14.8 Å². The van der Waals surface area contributed by atoms with E-state index in [-0.39, 0.29) is 6.03 Å². The zero-order valence-corrected chi connectivity index (χ0v) is 12.4. The Morgan fingerprint density at radius 1 is 1.13 bits per heavy atom. The van der Waals surface area contributed by atoms with Crippen molar-refractivity contribution in [3.8, 4) is 0 Å². The number of fused-ring (bicyclic) bond motifs is 1. The molecule has 0 aliphatic carbocycles. The highest BCUT2D eigenvalue weighted by molar-refractivity contribution is 5.89. The quantitative estimate of drug-likeness (QED) is 0.683. The summed E-state index contributed by atoms with van der Waals surface area (Å²) in [6.07, 6.45) is 5.03. The van der Waals surface area contributed by atoms with Crippen LogP contribution in [0.1, 0.15) is 6.92 Å². The highest BCUT2D eigenvalue weighted by Crippen LogP contribution is 2.16. The van der Waals surface area contributed by atoms with Gasteiger partial charge in [0.15, 0.2) is 5.65 Å². The summed E-state index contributed by atoms with van der Waals surface area (Å²) in [5, 5.41) is 9.16. The minimum atomic E-state index is -0.302. The van der Waals surface area contributed by atoms with Gasteiger partial charge in [-0.3, -0.25) is 10.3 Å². The van der Waals surface area contributed by atoms with E-state index in [0.717, 1.165) is 11.1 Å². The molecule has 0 atom stereocenters. The lowest BCUT2D eigenvalue weighted by molar-refractivity contribution is 0.252. The maximum Gasteiger partial charge on any atom is 0.320 e. The van der Waals surface area contributed by atoms with Gasteiger partial charge in [0.1, 0.15) is 5.82 Å². The Morgan fingerprint density at radius 2 is 1.96 bits per heavy atom. The molecule has 3 heterocycles. The smallest absolute Gasteiger partial charge is 0.320 e. The molecule has 0 aliphatic rings. The lowest BCUT2D eigenvalue weighted by atomic mass is 10.3. The standard InChI is InChI=1S/C15H15N7O/c1-2-17-15(23)21-12-4-3-10-9-18-14(22-13(10)20-12)19-11-5-7-16-8-6-11/h3-9H,2H2,1H3,(H3,16,17,18,19,20,21,22,23). The summed E-state index contributed by atoms with van der Waals surface area (Å²) in [7, 11) is 0. The number of carbonyl (C=O) groups is 1. The number of rotatable bonds is 4. The van der Waals surface area contributed by atoms with Gasteiger partial charge < -0.3 is 10.6 Å². The molecule has 0 fully saturated rings. The molecule has 0 aliphatic heterocycles. The zero-order chi connectivity index (χ0) is 16.1. The van der Waals surface area contributed by atoms with Gasteiger partial charge in [-0.2, -0.15) is 4.98 Å². The van der Waals surface area contributed by atoms with Crippen molar-refractivity contribution in [2.24, 2.45) is 0 Å². The first-order chi connectivity index (χ1) is 11.2. The van der Waals surface area contributed by atoms with Crippen LogP contribution in [0.4, 0.5) is 22.2 Å². The normalized spacial score (nSPS) is 10.3. The van der Waals surface area contributed by atoms with E-state index in [1.807, 2.05) is 19.1 Å². The van der Waals surface area contributed by atoms with Crippen LogP contribution < -0.4 is 16.0 Å². The van der Waals surface area contributed by atoms with Gasteiger partial charge in [0.25, 0.3) is 0 Å². The van der Waals surface area contributed by atoms with Crippen molar-refractivity contribution in [2.75, 3.05) is 17.2 Å². The van der Waals surface area contributed by atoms with Crippen molar-refractivity contribution < 1.29 is 4.79 Å². The van der Waals surface area contributed by atoms with Gasteiger partial charge in [-0.1, -0.05) is 0 Å². The molecule has 3 N–H and O–H groups in total. The first-order valence-electron chi connectivity index (χ1n) is 7.10. The SMILES string of the molecule is CCNC(=O)Nc1ccc2cnc(Nc3ccncc3)nc2n1. The van der Waals surface area contributed by atoms with Gasteiger partial charge in [0.05, 0.1) is 0 Å². The largest absolute Gasteiger partial charge is 0.338 e. The third-order valence-electron chi connectivity index (χ3n) is 2.96. The van der Waals surface area contributed by atoms with E-state index in [1.54, 1.807) is 30.7 Å². The summed E-state index contributed by atoms with van der Waals surface area (Å²) in [4.78, 5) is 28.4. The molecule has 0 saturated heterocycles. The van der Waals surface area contributed by atoms with E-state index in [1.165, 1.54) is 0 Å². The van der Waals surface area contributed by atoms with Crippen LogP contribution >= 0.6 is 0 Å². The Labute approximate surface area is 132 Å². The zero-order valence-electron chi connectivity index (χ0n) is 12.4. The molecule has 3 rings (SSSR count). The molecule has 3 aromatic rings. The van der Waals surface area contributed by atoms with Crippen LogP contribution in [0.2, 0.25) is 0 Å². The van der Waals surface area contributed by atoms with Crippen LogP contribution in [0.5, 0.6) is 0 Å². The van der Waals surface area contributed by atoms with Gasteiger partial charge >= 0.3 is 6.03 Å². The van der Waals surface area contributed by atoms with Crippen LogP contribution in [0.25, 0.3) is 11.0 Å². The summed E-state index contributed by atoms with van der Waals surface area (Å²) in [5.41, 5.74) is 1.32. The maximum atomic E-state index is 11.5. The number of hydrogen-bond acceptors (Lipinski definition) is 6. The van der Waals surface area contributed by atoms with E-state index in [4.69, 9.17) is 0 Å². The molecule has 8 heteroatoms. The number of hydrogen-bond donors (Lipinski definition) is 3. The van der Waals surface area contributed by atoms with Crippen LogP contribution in [0.15, 0.2) is 42.9 Å². The predicted octanol–water partition coefficient (Wildman–Crippen LogP) is 2.30. The lowest BCUT2D eigenvalue weighted by Crippen LogP contribution is -2.28. The number of aromatic nitrogens is 4. The number of urea groups is 1. The monoisotopic (exact) mass is 309 g/mol. The molecule has 116 valence electrons. The van der Waals surface area contributed by atoms with Gasteiger partial charge in [0.2, 0.25) is 5.95 Å². The Balaban J connectivity index is 1.84. The van der Waals surface area contributed by atoms with E-state index < -0.39 is 0 Å². The highest BCUT2D eigenvalue weighted by Gasteiger charge is 2.05. The van der Waals surface area contributed by atoms with Gasteiger partial charge in [-0.15, -0.1) is 0 Å². The number of anilines is 3. The number of nitrogens with zero attached hydrogens (tertiary/aromatic N) is 4. The van der Waals surface area contributed by atoms with Crippen molar-refractivity contribution in [1.29, 1.82) is 0 Å². The number of pyridine rings is 2. The minimum absolute atomic E-state index is 0.302. The van der Waals surface area contributed by atoms with Gasteiger partial charge in [0, 0.05) is 36.2 Å². The number of carbonyl (C=O) groups excluding carboxylic acids is 1. The van der Waals surface area contributed by atoms with Crippen molar-refractivity contribution in [3.63, 3.8) is 0 Å². The Bertz CT molecular complexity index is 822. The van der Waals surface area contributed by atoms with E-state index in [0.29, 0.717) is 24.0 Å². The highest BCUT2D eigenvalue weighted by atomic mass is 16.2. The lowest BCUT2D eigenvalue weighted by Gasteiger charge is -2.07. The van der Waals surface area contributed by atoms with Crippen LogP contribution in [-0.4, -0.2) is 32.5 Å². The topological polar surface area (TPSA) is 105 Å². The summed E-state index contributed by atoms with van der Waals surface area (Å²) in [6, 6.07) is 6.84. The summed E-state index contributed by atoms with van der Waals surface area (Å²) >= 11 is 0. The molecular formula is C15H15N7O. The van der Waals surface area contributed by atoms with Crippen LogP contribution in [0, 0.1) is 0 Å². The molecule has 3 aromatic heterocycles. The summed E-state index contributed by atoms with van der Waals surface area (Å²) in [5.74, 6) is 0.850. The fourth-order valence-electron chi connectivity index (χ4n) is 1.92. The Morgan fingerprint density at radius 3 is 2.74 bits per heavy atom. The summed E-state index contributed by atoms with van der Waals surface area (Å²) < 4.78 is 0. The van der Waals surface area contributed by atoms with Crippen molar-refractivity contribution >= 4 is 34.5 Å². The molecule has 23 heavy (non-hydrogen) atoms. The molecular weight excluding hydrogens is 294 g/mol. The molecule has 2 amide bonds. The third-order valence-corrected chi connectivity index (χ3v) is 2.96. The molecule has 0 unspecified atom stereocenters. The van der Waals surface area contributed by atoms with Crippen molar-refractivity contribution in [3.05, 3.63) is 42.9 Å². The van der Waals surface area contributed by atoms with Gasteiger partial charge in [-0.05, 0) is 31.2 Å². The van der Waals surface area contributed by atoms with E-state index in [9.17, 15) is 4.79 Å². The average Bonchev–Trinajstić information content (AvgIpc) is 2.56. The van der Waals surface area contributed by atoms with Crippen molar-refractivity contribution in [1.82, 2.24) is 25.3 Å². The second-order valence-electron chi connectivity index (χ2n) is 4.65. The van der Waals surface area contributed by atoms with Crippen LogP contribution in [-0.2, 0) is 0 Å². The Hall–Kier alpha value is -3.29. The molecule has 0 bridgehead atoms. The fraction of sp³-hybridized carbons (Fsp3) is 0.133. The third kappa shape index (κ3) is 3.67. The van der Waals surface area contributed by atoms with E-state index >= 15 is 0 Å². The predicted molar refractivity (Wildman–Crippen MR) is 87.5 cm³/mol. The number of amides is 2. The molecule has 0 aromatic carbocycles. The number of nitrogens with one attached hydrogen (secondary N) is 3. The fourth-order valence-corrected chi connectivity index (χ4v) is 1.92. The molecule has 0 spiro atoms. The van der Waals surface area contributed by atoms with Crippen LogP contribution in [0.3, 0.4) is 0 Å². The minimum Gasteiger partial charge on any atom is -0.338 e. The second kappa shape index (κ2) is 6.65. The average molecular weight is 309 g/mol. The Kier molecular flexibility index (Phi) is 4.23. The maximum absolute atomic E-state index is 11.5. The first kappa shape index (κ1) is 14.6. The first-order valence-corrected chi connectivity index (χ1v) is 7.10. The summed E-state index contributed by atoms with van der Waals surface area (Å²) in [6.45, 7) is 2.39. The van der Waals surface area contributed by atoms with Crippen molar-refractivity contribution in [2.45, 2.75) is 6.92 Å². The second-order valence-corrected chi connectivity index (χ2v) is 4.65. The molecule has 0 radical (unpaired) electrons.